The van der Waals surface area contributed by atoms with Gasteiger partial charge < -0.3 is 5.73 Å². The Labute approximate surface area is 113 Å². The van der Waals surface area contributed by atoms with Crippen LogP contribution in [0.15, 0.2) is 18.2 Å². The summed E-state index contributed by atoms with van der Waals surface area (Å²) in [6.07, 6.45) is 0.951. The molecule has 18 heavy (non-hydrogen) atoms. The molecule has 2 N–H and O–H groups in total. The monoisotopic (exact) mass is 247 g/mol. The number of nitrogens with two attached hydrogens (primary N) is 1. The minimum Gasteiger partial charge on any atom is -0.328 e. The van der Waals surface area contributed by atoms with Gasteiger partial charge in [-0.3, -0.25) is 0 Å². The Balaban J connectivity index is 3.29. The van der Waals surface area contributed by atoms with E-state index in [0.717, 1.165) is 6.42 Å². The highest BCUT2D eigenvalue weighted by Crippen LogP contribution is 2.30. The molecular formula is C17H29N. The summed E-state index contributed by atoms with van der Waals surface area (Å²) in [7, 11) is 0. The average molecular weight is 247 g/mol. The normalized spacial score (nSPS) is 14.7. The number of benzene rings is 1. The first-order valence-electron chi connectivity index (χ1n) is 6.90. The molecule has 0 aliphatic carbocycles. The summed E-state index contributed by atoms with van der Waals surface area (Å²) < 4.78 is 0. The highest BCUT2D eigenvalue weighted by molar-refractivity contribution is 5.37. The fourth-order valence-corrected chi connectivity index (χ4v) is 2.05. The molecule has 1 nitrogen and oxygen atoms in total. The quantitative estimate of drug-likeness (QED) is 0.834. The SMILES string of the molecule is CC(N)Cc1cc(C(C)(C)C)cc(C(C)(C)C)c1. The number of rotatable bonds is 2. The number of hydrogen-bond acceptors (Lipinski definition) is 1. The predicted molar refractivity (Wildman–Crippen MR) is 81.2 cm³/mol. The van der Waals surface area contributed by atoms with E-state index >= 15 is 0 Å². The van der Waals surface area contributed by atoms with Gasteiger partial charge in [0.1, 0.15) is 0 Å². The maximum Gasteiger partial charge on any atom is 0.00509 e. The second kappa shape index (κ2) is 5.05. The molecule has 0 fully saturated rings. The van der Waals surface area contributed by atoms with Crippen LogP contribution in [-0.2, 0) is 17.3 Å². The highest BCUT2D eigenvalue weighted by Gasteiger charge is 2.20. The molecule has 1 heteroatoms. The van der Waals surface area contributed by atoms with Gasteiger partial charge in [0.05, 0.1) is 0 Å². The molecule has 1 aromatic rings. The second-order valence-electron chi connectivity index (χ2n) is 7.60. The van der Waals surface area contributed by atoms with E-state index in [2.05, 4.69) is 66.7 Å². The summed E-state index contributed by atoms with van der Waals surface area (Å²) in [6.45, 7) is 15.7. The molecule has 0 aliphatic heterocycles. The Morgan fingerprint density at radius 2 is 1.28 bits per heavy atom. The summed E-state index contributed by atoms with van der Waals surface area (Å²) >= 11 is 0. The van der Waals surface area contributed by atoms with Gasteiger partial charge in [-0.15, -0.1) is 0 Å². The van der Waals surface area contributed by atoms with Crippen LogP contribution in [0.1, 0.15) is 65.2 Å². The second-order valence-corrected chi connectivity index (χ2v) is 7.60. The van der Waals surface area contributed by atoms with Crippen molar-refractivity contribution >= 4 is 0 Å². The molecule has 0 amide bonds. The minimum absolute atomic E-state index is 0.188. The smallest absolute Gasteiger partial charge is 0.00509 e. The first-order chi connectivity index (χ1) is 8.00. The van der Waals surface area contributed by atoms with Gasteiger partial charge in [-0.2, -0.15) is 0 Å². The predicted octanol–water partition coefficient (Wildman–Crippen LogP) is 4.17. The summed E-state index contributed by atoms with van der Waals surface area (Å²) in [6, 6.07) is 7.20. The lowest BCUT2D eigenvalue weighted by Gasteiger charge is -2.26. The topological polar surface area (TPSA) is 26.0 Å². The van der Waals surface area contributed by atoms with Gasteiger partial charge in [0.2, 0.25) is 0 Å². The van der Waals surface area contributed by atoms with Crippen LogP contribution >= 0.6 is 0 Å². The zero-order chi connectivity index (χ0) is 14.1. The van der Waals surface area contributed by atoms with Crippen molar-refractivity contribution in [3.63, 3.8) is 0 Å². The van der Waals surface area contributed by atoms with Crippen molar-refractivity contribution in [2.45, 2.75) is 71.8 Å². The molecule has 0 spiro atoms. The molecule has 0 aromatic heterocycles. The van der Waals surface area contributed by atoms with Crippen LogP contribution in [0.2, 0.25) is 0 Å². The maximum atomic E-state index is 5.94. The van der Waals surface area contributed by atoms with E-state index in [1.807, 2.05) is 0 Å². The van der Waals surface area contributed by atoms with Gasteiger partial charge in [0.15, 0.2) is 0 Å². The molecule has 0 radical (unpaired) electrons. The van der Waals surface area contributed by atoms with Gasteiger partial charge in [0, 0.05) is 6.04 Å². The van der Waals surface area contributed by atoms with Crippen molar-refractivity contribution in [2.75, 3.05) is 0 Å². The van der Waals surface area contributed by atoms with Crippen molar-refractivity contribution in [3.8, 4) is 0 Å². The van der Waals surface area contributed by atoms with Crippen LogP contribution in [0.3, 0.4) is 0 Å². The van der Waals surface area contributed by atoms with Crippen molar-refractivity contribution in [3.05, 3.63) is 34.9 Å². The molecule has 0 heterocycles. The van der Waals surface area contributed by atoms with Gasteiger partial charge in [0.25, 0.3) is 0 Å². The summed E-state index contributed by atoms with van der Waals surface area (Å²) in [5.74, 6) is 0. The van der Waals surface area contributed by atoms with Crippen molar-refractivity contribution < 1.29 is 0 Å². The van der Waals surface area contributed by atoms with Crippen LogP contribution < -0.4 is 5.73 Å². The van der Waals surface area contributed by atoms with E-state index in [4.69, 9.17) is 5.73 Å². The zero-order valence-electron chi connectivity index (χ0n) is 13.1. The zero-order valence-corrected chi connectivity index (χ0v) is 13.1. The molecule has 0 aliphatic rings. The van der Waals surface area contributed by atoms with E-state index in [0.29, 0.717) is 0 Å². The Kier molecular flexibility index (Phi) is 4.27. The third-order valence-corrected chi connectivity index (χ3v) is 3.28. The molecule has 1 aromatic carbocycles. The molecule has 102 valence electrons. The standard InChI is InChI=1S/C17H29N/c1-12(18)8-13-9-14(16(2,3)4)11-15(10-13)17(5,6)7/h9-12H,8,18H2,1-7H3. The number of hydrogen-bond donors (Lipinski definition) is 1. The van der Waals surface area contributed by atoms with Gasteiger partial charge >= 0.3 is 0 Å². The Bertz CT molecular complexity index is 370. The van der Waals surface area contributed by atoms with E-state index in [9.17, 15) is 0 Å². The molecular weight excluding hydrogens is 218 g/mol. The fourth-order valence-electron chi connectivity index (χ4n) is 2.05. The van der Waals surface area contributed by atoms with Crippen LogP contribution in [0, 0.1) is 0 Å². The van der Waals surface area contributed by atoms with Crippen molar-refractivity contribution in [1.82, 2.24) is 0 Å². The van der Waals surface area contributed by atoms with Gasteiger partial charge in [-0.25, -0.2) is 0 Å². The summed E-state index contributed by atoms with van der Waals surface area (Å²) in [5.41, 5.74) is 10.5. The van der Waals surface area contributed by atoms with Crippen molar-refractivity contribution in [1.29, 1.82) is 0 Å². The average Bonchev–Trinajstić information content (AvgIpc) is 2.13. The first-order valence-corrected chi connectivity index (χ1v) is 6.90. The van der Waals surface area contributed by atoms with E-state index in [-0.39, 0.29) is 16.9 Å². The Hall–Kier alpha value is -0.820. The van der Waals surface area contributed by atoms with E-state index in [1.54, 1.807) is 0 Å². The third-order valence-electron chi connectivity index (χ3n) is 3.28. The van der Waals surface area contributed by atoms with E-state index < -0.39 is 0 Å². The molecule has 1 atom stereocenters. The van der Waals surface area contributed by atoms with Crippen molar-refractivity contribution in [2.24, 2.45) is 5.73 Å². The lowest BCUT2D eigenvalue weighted by Crippen LogP contribution is -2.21. The Morgan fingerprint density at radius 3 is 1.56 bits per heavy atom. The lowest BCUT2D eigenvalue weighted by molar-refractivity contribution is 0.565. The van der Waals surface area contributed by atoms with Gasteiger partial charge in [-0.1, -0.05) is 59.7 Å². The third kappa shape index (κ3) is 4.13. The fraction of sp³-hybridized carbons (Fsp3) is 0.647. The first kappa shape index (κ1) is 15.2. The molecule has 1 rings (SSSR count). The van der Waals surface area contributed by atoms with Gasteiger partial charge in [-0.05, 0) is 40.9 Å². The highest BCUT2D eigenvalue weighted by atomic mass is 14.6. The van der Waals surface area contributed by atoms with Crippen LogP contribution in [-0.4, -0.2) is 6.04 Å². The summed E-state index contributed by atoms with van der Waals surface area (Å²) in [4.78, 5) is 0. The van der Waals surface area contributed by atoms with Crippen LogP contribution in [0.25, 0.3) is 0 Å². The molecule has 0 bridgehead atoms. The molecule has 1 unspecified atom stereocenters. The largest absolute Gasteiger partial charge is 0.328 e. The lowest BCUT2D eigenvalue weighted by atomic mass is 9.79. The van der Waals surface area contributed by atoms with E-state index in [1.165, 1.54) is 16.7 Å². The summed E-state index contributed by atoms with van der Waals surface area (Å²) in [5, 5.41) is 0. The molecule has 0 saturated carbocycles. The maximum absolute atomic E-state index is 5.94. The van der Waals surface area contributed by atoms with Crippen LogP contribution in [0.5, 0.6) is 0 Å². The Morgan fingerprint density at radius 1 is 0.889 bits per heavy atom. The molecule has 0 saturated heterocycles. The van der Waals surface area contributed by atoms with Crippen LogP contribution in [0.4, 0.5) is 0 Å². The minimum atomic E-state index is 0.188.